The van der Waals surface area contributed by atoms with Gasteiger partial charge in [-0.3, -0.25) is 0 Å². The van der Waals surface area contributed by atoms with Crippen molar-refractivity contribution in [2.75, 3.05) is 7.11 Å². The van der Waals surface area contributed by atoms with Gasteiger partial charge in [-0.2, -0.15) is 0 Å². The molecule has 2 rings (SSSR count). The molecule has 1 aromatic carbocycles. The number of aryl methyl sites for hydroxylation is 1. The van der Waals surface area contributed by atoms with Gasteiger partial charge in [-0.05, 0) is 18.1 Å². The van der Waals surface area contributed by atoms with Crippen molar-refractivity contribution in [2.24, 2.45) is 0 Å². The van der Waals surface area contributed by atoms with E-state index in [0.29, 0.717) is 6.10 Å². The van der Waals surface area contributed by atoms with E-state index in [-0.39, 0.29) is 0 Å². The van der Waals surface area contributed by atoms with Crippen LogP contribution in [0.15, 0.2) is 18.2 Å². The first-order valence-electron chi connectivity index (χ1n) is 3.93. The topological polar surface area (TPSA) is 9.23 Å². The highest BCUT2D eigenvalue weighted by Crippen LogP contribution is 2.35. The third kappa shape index (κ3) is 0.962. The summed E-state index contributed by atoms with van der Waals surface area (Å²) in [5.74, 6) is 0. The Morgan fingerprint density at radius 2 is 2.27 bits per heavy atom. The second kappa shape index (κ2) is 2.35. The fourth-order valence-corrected chi connectivity index (χ4v) is 1.61. The predicted octanol–water partition coefficient (Wildman–Crippen LogP) is 2.24. The van der Waals surface area contributed by atoms with Gasteiger partial charge in [0.1, 0.15) is 0 Å². The van der Waals surface area contributed by atoms with Crippen LogP contribution < -0.4 is 0 Å². The van der Waals surface area contributed by atoms with Gasteiger partial charge in [-0.1, -0.05) is 23.8 Å². The monoisotopic (exact) mass is 148 g/mol. The molecule has 58 valence electrons. The minimum atomic E-state index is 0.366. The number of hydrogen-bond donors (Lipinski definition) is 0. The van der Waals surface area contributed by atoms with E-state index in [9.17, 15) is 0 Å². The van der Waals surface area contributed by atoms with Crippen molar-refractivity contribution < 1.29 is 4.74 Å². The quantitative estimate of drug-likeness (QED) is 0.593. The van der Waals surface area contributed by atoms with E-state index in [4.69, 9.17) is 4.74 Å². The normalized spacial score (nSPS) is 20.7. The largest absolute Gasteiger partial charge is 0.376 e. The highest BCUT2D eigenvalue weighted by Gasteiger charge is 2.24. The van der Waals surface area contributed by atoms with Gasteiger partial charge in [-0.25, -0.2) is 0 Å². The van der Waals surface area contributed by atoms with Crippen molar-refractivity contribution in [1.29, 1.82) is 0 Å². The lowest BCUT2D eigenvalue weighted by molar-refractivity contribution is 0.0844. The van der Waals surface area contributed by atoms with Crippen molar-refractivity contribution in [3.63, 3.8) is 0 Å². The van der Waals surface area contributed by atoms with E-state index in [2.05, 4.69) is 25.1 Å². The van der Waals surface area contributed by atoms with Gasteiger partial charge in [0.15, 0.2) is 0 Å². The summed E-state index contributed by atoms with van der Waals surface area (Å²) < 4.78 is 5.25. The molecular weight excluding hydrogens is 136 g/mol. The molecule has 0 saturated heterocycles. The average molecular weight is 148 g/mol. The zero-order valence-corrected chi connectivity index (χ0v) is 6.92. The van der Waals surface area contributed by atoms with Crippen LogP contribution in [0.2, 0.25) is 0 Å². The molecule has 1 heteroatoms. The summed E-state index contributed by atoms with van der Waals surface area (Å²) in [7, 11) is 1.77. The third-order valence-corrected chi connectivity index (χ3v) is 2.34. The number of rotatable bonds is 1. The SMILES string of the molecule is COC1Cc2cc(C)ccc21. The minimum Gasteiger partial charge on any atom is -0.376 e. The van der Waals surface area contributed by atoms with Crippen LogP contribution >= 0.6 is 0 Å². The van der Waals surface area contributed by atoms with Crippen LogP contribution in [-0.4, -0.2) is 7.11 Å². The van der Waals surface area contributed by atoms with Crippen LogP contribution in [0.3, 0.4) is 0 Å². The lowest BCUT2D eigenvalue weighted by Gasteiger charge is -2.28. The number of ether oxygens (including phenoxy) is 1. The van der Waals surface area contributed by atoms with Crippen LogP contribution in [-0.2, 0) is 11.2 Å². The third-order valence-electron chi connectivity index (χ3n) is 2.34. The predicted molar refractivity (Wildman–Crippen MR) is 44.6 cm³/mol. The zero-order chi connectivity index (χ0) is 7.84. The molecule has 0 saturated carbocycles. The molecule has 0 aliphatic heterocycles. The lowest BCUT2D eigenvalue weighted by atomic mass is 9.84. The Morgan fingerprint density at radius 3 is 2.91 bits per heavy atom. The van der Waals surface area contributed by atoms with Crippen molar-refractivity contribution in [3.05, 3.63) is 34.9 Å². The lowest BCUT2D eigenvalue weighted by Crippen LogP contribution is -2.18. The summed E-state index contributed by atoms with van der Waals surface area (Å²) in [6, 6.07) is 6.55. The molecule has 0 radical (unpaired) electrons. The fraction of sp³-hybridized carbons (Fsp3) is 0.400. The van der Waals surface area contributed by atoms with E-state index < -0.39 is 0 Å². The molecule has 0 fully saturated rings. The molecule has 1 unspecified atom stereocenters. The Kier molecular flexibility index (Phi) is 1.46. The molecule has 0 bridgehead atoms. The molecule has 1 nitrogen and oxygen atoms in total. The summed E-state index contributed by atoms with van der Waals surface area (Å²) in [6.45, 7) is 2.13. The van der Waals surface area contributed by atoms with E-state index in [1.165, 1.54) is 16.7 Å². The molecule has 1 aliphatic carbocycles. The molecule has 1 aromatic rings. The molecule has 0 spiro atoms. The average Bonchev–Trinajstić information content (AvgIpc) is 1.95. The molecular formula is C10H12O. The summed E-state index contributed by atoms with van der Waals surface area (Å²) in [5, 5.41) is 0. The van der Waals surface area contributed by atoms with Gasteiger partial charge < -0.3 is 4.74 Å². The van der Waals surface area contributed by atoms with Crippen LogP contribution in [0, 0.1) is 6.92 Å². The van der Waals surface area contributed by atoms with Gasteiger partial charge in [0, 0.05) is 13.5 Å². The molecule has 1 atom stereocenters. The first kappa shape index (κ1) is 6.86. The summed E-state index contributed by atoms with van der Waals surface area (Å²) in [6.07, 6.45) is 1.46. The number of methoxy groups -OCH3 is 1. The molecule has 0 aromatic heterocycles. The van der Waals surface area contributed by atoms with E-state index in [1.54, 1.807) is 7.11 Å². The van der Waals surface area contributed by atoms with Crippen LogP contribution in [0.1, 0.15) is 22.8 Å². The second-order valence-electron chi connectivity index (χ2n) is 3.13. The summed E-state index contributed by atoms with van der Waals surface area (Å²) in [5.41, 5.74) is 4.17. The van der Waals surface area contributed by atoms with Crippen molar-refractivity contribution in [2.45, 2.75) is 19.4 Å². The van der Waals surface area contributed by atoms with Crippen molar-refractivity contribution in [1.82, 2.24) is 0 Å². The molecule has 1 aliphatic rings. The number of fused-ring (bicyclic) bond motifs is 1. The first-order valence-corrected chi connectivity index (χ1v) is 3.93. The van der Waals surface area contributed by atoms with Crippen molar-refractivity contribution in [3.8, 4) is 0 Å². The van der Waals surface area contributed by atoms with Gasteiger partial charge >= 0.3 is 0 Å². The fourth-order valence-electron chi connectivity index (χ4n) is 1.61. The van der Waals surface area contributed by atoms with Crippen LogP contribution in [0.25, 0.3) is 0 Å². The Hall–Kier alpha value is -0.820. The Bertz CT molecular complexity index is 278. The standard InChI is InChI=1S/C10H12O/c1-7-3-4-9-8(5-7)6-10(9)11-2/h3-5,10H,6H2,1-2H3. The van der Waals surface area contributed by atoms with Gasteiger partial charge in [0.05, 0.1) is 6.10 Å². The first-order chi connectivity index (χ1) is 5.31. The van der Waals surface area contributed by atoms with Crippen molar-refractivity contribution >= 4 is 0 Å². The Balaban J connectivity index is 2.35. The van der Waals surface area contributed by atoms with Gasteiger partial charge in [0.25, 0.3) is 0 Å². The van der Waals surface area contributed by atoms with Gasteiger partial charge in [-0.15, -0.1) is 0 Å². The van der Waals surface area contributed by atoms with Crippen LogP contribution in [0.4, 0.5) is 0 Å². The minimum absolute atomic E-state index is 0.366. The van der Waals surface area contributed by atoms with Gasteiger partial charge in [0.2, 0.25) is 0 Å². The highest BCUT2D eigenvalue weighted by molar-refractivity contribution is 5.40. The number of hydrogen-bond acceptors (Lipinski definition) is 1. The maximum absolute atomic E-state index is 5.25. The number of benzene rings is 1. The zero-order valence-electron chi connectivity index (χ0n) is 6.92. The van der Waals surface area contributed by atoms with E-state index in [0.717, 1.165) is 6.42 Å². The summed E-state index contributed by atoms with van der Waals surface area (Å²) in [4.78, 5) is 0. The maximum Gasteiger partial charge on any atom is 0.0864 e. The molecule has 0 amide bonds. The smallest absolute Gasteiger partial charge is 0.0864 e. The molecule has 11 heavy (non-hydrogen) atoms. The van der Waals surface area contributed by atoms with Crippen LogP contribution in [0.5, 0.6) is 0 Å². The van der Waals surface area contributed by atoms with E-state index >= 15 is 0 Å². The maximum atomic E-state index is 5.25. The molecule has 0 N–H and O–H groups in total. The Morgan fingerprint density at radius 1 is 1.45 bits per heavy atom. The Labute approximate surface area is 67.0 Å². The summed E-state index contributed by atoms with van der Waals surface area (Å²) >= 11 is 0. The second-order valence-corrected chi connectivity index (χ2v) is 3.13. The molecule has 0 heterocycles. The van der Waals surface area contributed by atoms with E-state index in [1.807, 2.05) is 0 Å². The highest BCUT2D eigenvalue weighted by atomic mass is 16.5.